The van der Waals surface area contributed by atoms with Crippen LogP contribution in [0.15, 0.2) is 5.16 Å². The summed E-state index contributed by atoms with van der Waals surface area (Å²) in [6.45, 7) is 2.22. The Hall–Kier alpha value is -0.580. The molecule has 0 aliphatic rings. The molecule has 0 aromatic carbocycles. The van der Waals surface area contributed by atoms with E-state index in [1.165, 1.54) is 25.7 Å². The number of nitrogens with zero attached hydrogens (tertiary/aromatic N) is 4. The quantitative estimate of drug-likeness (QED) is 0.519. The molecular weight excluding hydrogens is 184 g/mol. The van der Waals surface area contributed by atoms with E-state index in [1.807, 2.05) is 7.05 Å². The molecule has 1 rings (SSSR count). The molecule has 0 amide bonds. The summed E-state index contributed by atoms with van der Waals surface area (Å²) in [6.07, 6.45) is 5.19. The molecule has 0 N–H and O–H groups in total. The van der Waals surface area contributed by atoms with Crippen molar-refractivity contribution in [1.82, 2.24) is 20.2 Å². The van der Waals surface area contributed by atoms with Crippen LogP contribution in [0.2, 0.25) is 0 Å². The van der Waals surface area contributed by atoms with Gasteiger partial charge in [-0.15, -0.1) is 5.10 Å². The summed E-state index contributed by atoms with van der Waals surface area (Å²) in [6, 6.07) is 0. The molecule has 0 fully saturated rings. The highest BCUT2D eigenvalue weighted by atomic mass is 32.2. The highest BCUT2D eigenvalue weighted by molar-refractivity contribution is 7.99. The molecule has 0 aliphatic heterocycles. The summed E-state index contributed by atoms with van der Waals surface area (Å²) in [5, 5.41) is 12.2. The predicted octanol–water partition coefficient (Wildman–Crippen LogP) is 1.88. The maximum absolute atomic E-state index is 3.90. The van der Waals surface area contributed by atoms with Crippen LogP contribution in [0.25, 0.3) is 0 Å². The van der Waals surface area contributed by atoms with E-state index >= 15 is 0 Å². The van der Waals surface area contributed by atoms with Crippen LogP contribution < -0.4 is 0 Å². The molecule has 0 atom stereocenters. The van der Waals surface area contributed by atoms with E-state index in [0.717, 1.165) is 10.9 Å². The molecule has 74 valence electrons. The predicted molar refractivity (Wildman–Crippen MR) is 53.7 cm³/mol. The molecule has 1 heterocycles. The number of unbranched alkanes of at least 4 members (excludes halogenated alkanes) is 3. The molecule has 0 bridgehead atoms. The Kier molecular flexibility index (Phi) is 4.82. The minimum absolute atomic E-state index is 0.913. The van der Waals surface area contributed by atoms with Crippen molar-refractivity contribution in [2.45, 2.75) is 37.8 Å². The van der Waals surface area contributed by atoms with E-state index in [9.17, 15) is 0 Å². The Morgan fingerprint density at radius 3 is 2.77 bits per heavy atom. The number of hydrogen-bond acceptors (Lipinski definition) is 4. The van der Waals surface area contributed by atoms with Crippen LogP contribution in [0.1, 0.15) is 32.6 Å². The average molecular weight is 200 g/mol. The van der Waals surface area contributed by atoms with E-state index in [2.05, 4.69) is 22.4 Å². The second-order valence-electron chi connectivity index (χ2n) is 2.99. The van der Waals surface area contributed by atoms with Gasteiger partial charge >= 0.3 is 0 Å². The van der Waals surface area contributed by atoms with Gasteiger partial charge in [0.2, 0.25) is 5.16 Å². The van der Waals surface area contributed by atoms with Crippen molar-refractivity contribution in [1.29, 1.82) is 0 Å². The van der Waals surface area contributed by atoms with Gasteiger partial charge < -0.3 is 0 Å². The molecule has 0 saturated carbocycles. The fourth-order valence-corrected chi connectivity index (χ4v) is 1.88. The zero-order chi connectivity index (χ0) is 9.52. The molecule has 0 aliphatic carbocycles. The Labute approximate surface area is 83.1 Å². The van der Waals surface area contributed by atoms with Gasteiger partial charge in [-0.3, -0.25) is 0 Å². The molecule has 0 saturated heterocycles. The van der Waals surface area contributed by atoms with Crippen molar-refractivity contribution in [2.75, 3.05) is 5.75 Å². The van der Waals surface area contributed by atoms with Crippen molar-refractivity contribution in [3.8, 4) is 0 Å². The molecule has 0 spiro atoms. The van der Waals surface area contributed by atoms with Gasteiger partial charge in [-0.05, 0) is 16.8 Å². The Morgan fingerprint density at radius 2 is 2.15 bits per heavy atom. The third-order valence-electron chi connectivity index (χ3n) is 1.81. The van der Waals surface area contributed by atoms with Crippen molar-refractivity contribution in [2.24, 2.45) is 7.05 Å². The zero-order valence-corrected chi connectivity index (χ0v) is 9.05. The van der Waals surface area contributed by atoms with Crippen molar-refractivity contribution < 1.29 is 0 Å². The van der Waals surface area contributed by atoms with Crippen LogP contribution in [0.3, 0.4) is 0 Å². The van der Waals surface area contributed by atoms with Gasteiger partial charge in [-0.1, -0.05) is 37.9 Å². The van der Waals surface area contributed by atoms with Gasteiger partial charge in [0.25, 0.3) is 0 Å². The molecule has 0 unspecified atom stereocenters. The maximum atomic E-state index is 3.90. The average Bonchev–Trinajstić information content (AvgIpc) is 2.52. The zero-order valence-electron chi connectivity index (χ0n) is 8.23. The fraction of sp³-hybridized carbons (Fsp3) is 0.875. The summed E-state index contributed by atoms with van der Waals surface area (Å²) in [7, 11) is 1.87. The highest BCUT2D eigenvalue weighted by Gasteiger charge is 2.00. The van der Waals surface area contributed by atoms with Gasteiger partial charge in [-0.2, -0.15) is 0 Å². The number of thioether (sulfide) groups is 1. The second kappa shape index (κ2) is 5.96. The normalized spacial score (nSPS) is 10.6. The minimum atomic E-state index is 0.913. The summed E-state index contributed by atoms with van der Waals surface area (Å²) in [5.41, 5.74) is 0. The second-order valence-corrected chi connectivity index (χ2v) is 4.06. The fourth-order valence-electron chi connectivity index (χ4n) is 1.04. The topological polar surface area (TPSA) is 43.6 Å². The lowest BCUT2D eigenvalue weighted by molar-refractivity contribution is 0.662. The molecular formula is C8H16N4S. The first-order chi connectivity index (χ1) is 6.34. The number of rotatable bonds is 6. The lowest BCUT2D eigenvalue weighted by atomic mass is 10.2. The maximum Gasteiger partial charge on any atom is 0.209 e. The standard InChI is InChI=1S/C8H16N4S/c1-3-4-5-6-7-13-8-9-10-11-12(8)2/h3-7H2,1-2H3. The minimum Gasteiger partial charge on any atom is -0.224 e. The number of aromatic nitrogens is 4. The van der Waals surface area contributed by atoms with E-state index in [1.54, 1.807) is 16.4 Å². The monoisotopic (exact) mass is 200 g/mol. The van der Waals surface area contributed by atoms with Crippen molar-refractivity contribution >= 4 is 11.8 Å². The third kappa shape index (κ3) is 3.76. The van der Waals surface area contributed by atoms with Crippen LogP contribution in [0.5, 0.6) is 0 Å². The molecule has 5 heteroatoms. The number of aryl methyl sites for hydroxylation is 1. The summed E-state index contributed by atoms with van der Waals surface area (Å²) >= 11 is 1.73. The number of hydrogen-bond donors (Lipinski definition) is 0. The summed E-state index contributed by atoms with van der Waals surface area (Å²) < 4.78 is 1.71. The largest absolute Gasteiger partial charge is 0.224 e. The first-order valence-electron chi connectivity index (χ1n) is 4.69. The first-order valence-corrected chi connectivity index (χ1v) is 5.68. The molecule has 4 nitrogen and oxygen atoms in total. The summed E-state index contributed by atoms with van der Waals surface area (Å²) in [4.78, 5) is 0. The lowest BCUT2D eigenvalue weighted by Crippen LogP contribution is -1.93. The van der Waals surface area contributed by atoms with Crippen molar-refractivity contribution in [3.05, 3.63) is 0 Å². The van der Waals surface area contributed by atoms with Crippen LogP contribution in [0, 0.1) is 0 Å². The molecule has 1 aromatic rings. The van der Waals surface area contributed by atoms with Gasteiger partial charge in [0.1, 0.15) is 0 Å². The van der Waals surface area contributed by atoms with Crippen LogP contribution in [0.4, 0.5) is 0 Å². The van der Waals surface area contributed by atoms with Gasteiger partial charge in [0.05, 0.1) is 0 Å². The van der Waals surface area contributed by atoms with E-state index in [-0.39, 0.29) is 0 Å². The van der Waals surface area contributed by atoms with Gasteiger partial charge in [0, 0.05) is 12.8 Å². The smallest absolute Gasteiger partial charge is 0.209 e. The van der Waals surface area contributed by atoms with Crippen LogP contribution >= 0.6 is 11.8 Å². The first kappa shape index (κ1) is 10.5. The third-order valence-corrected chi connectivity index (χ3v) is 2.91. The van der Waals surface area contributed by atoms with Crippen molar-refractivity contribution in [3.63, 3.8) is 0 Å². The summed E-state index contributed by atoms with van der Waals surface area (Å²) in [5.74, 6) is 1.12. The van der Waals surface area contributed by atoms with E-state index in [0.29, 0.717) is 0 Å². The van der Waals surface area contributed by atoms with Gasteiger partial charge in [0.15, 0.2) is 0 Å². The van der Waals surface area contributed by atoms with Gasteiger partial charge in [-0.25, -0.2) is 4.68 Å². The van der Waals surface area contributed by atoms with Crippen LogP contribution in [-0.4, -0.2) is 26.0 Å². The van der Waals surface area contributed by atoms with Crippen LogP contribution in [-0.2, 0) is 7.05 Å². The highest BCUT2D eigenvalue weighted by Crippen LogP contribution is 2.14. The lowest BCUT2D eigenvalue weighted by Gasteiger charge is -1.98. The Morgan fingerprint density at radius 1 is 1.31 bits per heavy atom. The van der Waals surface area contributed by atoms with E-state index < -0.39 is 0 Å². The SMILES string of the molecule is CCCCCCSc1nnnn1C. The Balaban J connectivity index is 2.10. The number of tetrazole rings is 1. The molecule has 13 heavy (non-hydrogen) atoms. The Bertz CT molecular complexity index is 236. The molecule has 0 radical (unpaired) electrons. The molecule has 1 aromatic heterocycles. The van der Waals surface area contributed by atoms with E-state index in [4.69, 9.17) is 0 Å².